The van der Waals surface area contributed by atoms with Crippen LogP contribution in [0.15, 0.2) is 55.0 Å². The number of rotatable bonds is 5. The minimum Gasteiger partial charge on any atom is -0.489 e. The minimum atomic E-state index is 0.0943. The lowest BCUT2D eigenvalue weighted by atomic mass is 10.0. The van der Waals surface area contributed by atoms with Crippen molar-refractivity contribution in [2.45, 2.75) is 32.8 Å². The molecule has 7 rings (SSSR count). The molecule has 214 valence electrons. The summed E-state index contributed by atoms with van der Waals surface area (Å²) < 4.78 is 8.24. The van der Waals surface area contributed by atoms with Crippen LogP contribution in [0.5, 0.6) is 5.75 Å². The highest BCUT2D eigenvalue weighted by molar-refractivity contribution is 5.96. The zero-order valence-corrected chi connectivity index (χ0v) is 24.1. The van der Waals surface area contributed by atoms with E-state index in [2.05, 4.69) is 27.5 Å². The van der Waals surface area contributed by atoms with Crippen LogP contribution >= 0.6 is 0 Å². The Morgan fingerprint density at radius 3 is 2.55 bits per heavy atom. The van der Waals surface area contributed by atoms with Gasteiger partial charge in [-0.3, -0.25) is 4.79 Å². The number of aromatic nitrogens is 3. The van der Waals surface area contributed by atoms with Gasteiger partial charge in [-0.25, -0.2) is 9.50 Å². The van der Waals surface area contributed by atoms with Crippen LogP contribution in [-0.4, -0.2) is 70.8 Å². The molecule has 2 atom stereocenters. The van der Waals surface area contributed by atoms with E-state index in [1.165, 1.54) is 0 Å². The van der Waals surface area contributed by atoms with E-state index in [9.17, 15) is 10.1 Å². The molecule has 42 heavy (non-hydrogen) atoms. The lowest BCUT2D eigenvalue weighted by Crippen LogP contribution is -2.49. The van der Waals surface area contributed by atoms with Gasteiger partial charge in [-0.05, 0) is 87.0 Å². The Hall–Kier alpha value is -4.42. The topological polar surface area (TPSA) is 98.8 Å². The van der Waals surface area contributed by atoms with Crippen LogP contribution in [0, 0.1) is 37.0 Å². The molecule has 1 amide bonds. The first-order valence-electron chi connectivity index (χ1n) is 14.8. The van der Waals surface area contributed by atoms with Gasteiger partial charge in [-0.15, -0.1) is 0 Å². The van der Waals surface area contributed by atoms with Crippen LogP contribution < -0.4 is 15.0 Å². The number of carbonyl (C=O) groups is 1. The highest BCUT2D eigenvalue weighted by atomic mass is 16.5. The molecule has 1 N–H and O–H groups in total. The number of nitrogens with one attached hydrogen (secondary N) is 1. The van der Waals surface area contributed by atoms with Crippen molar-refractivity contribution in [1.29, 1.82) is 5.26 Å². The Balaban J connectivity index is 1.08. The lowest BCUT2D eigenvalue weighted by Gasteiger charge is -2.35. The van der Waals surface area contributed by atoms with Gasteiger partial charge in [0.2, 0.25) is 0 Å². The summed E-state index contributed by atoms with van der Waals surface area (Å²) in [4.78, 5) is 22.2. The maximum absolute atomic E-state index is 13.2. The van der Waals surface area contributed by atoms with E-state index in [1.54, 1.807) is 10.7 Å². The molecule has 0 bridgehead atoms. The van der Waals surface area contributed by atoms with Gasteiger partial charge in [0, 0.05) is 49.1 Å². The van der Waals surface area contributed by atoms with Gasteiger partial charge in [-0.2, -0.15) is 10.4 Å². The smallest absolute Gasteiger partial charge is 0.254 e. The standard InChI is InChI=1S/C33H35N7O2/c1-21-4-3-5-29(22(21)2)33(41)39-10-8-38(9-11-39)31-7-6-23(18-36-31)30-14-28(20-40-32(30)26(15-34)19-37-40)42-27-12-24-16-35-17-25(24)13-27/h3-7,14,18-20,24-25,27,35H,8-13,16-17H2,1-2H3. The van der Waals surface area contributed by atoms with Crippen molar-refractivity contribution < 1.29 is 9.53 Å². The zero-order chi connectivity index (χ0) is 28.8. The molecule has 1 aromatic carbocycles. The molecular weight excluding hydrogens is 526 g/mol. The molecule has 0 radical (unpaired) electrons. The van der Waals surface area contributed by atoms with Gasteiger partial charge in [0.05, 0.1) is 29.6 Å². The fourth-order valence-electron chi connectivity index (χ4n) is 6.89. The maximum Gasteiger partial charge on any atom is 0.254 e. The molecular formula is C33H35N7O2. The summed E-state index contributed by atoms with van der Waals surface area (Å²) in [6.07, 6.45) is 7.67. The number of nitriles is 1. The number of aryl methyl sites for hydroxylation is 1. The molecule has 3 aromatic heterocycles. The van der Waals surface area contributed by atoms with Crippen LogP contribution in [0.1, 0.15) is 39.9 Å². The van der Waals surface area contributed by atoms with Crippen molar-refractivity contribution >= 4 is 17.2 Å². The average Bonchev–Trinajstić information content (AvgIpc) is 3.73. The molecule has 0 spiro atoms. The van der Waals surface area contributed by atoms with Crippen LogP contribution in [-0.2, 0) is 0 Å². The highest BCUT2D eigenvalue weighted by Crippen LogP contribution is 2.38. The summed E-state index contributed by atoms with van der Waals surface area (Å²) in [6, 6.07) is 14.3. The van der Waals surface area contributed by atoms with Crippen LogP contribution in [0.25, 0.3) is 16.6 Å². The van der Waals surface area contributed by atoms with Crippen molar-refractivity contribution in [1.82, 2.24) is 24.8 Å². The quantitative estimate of drug-likeness (QED) is 0.390. The number of pyridine rings is 2. The molecule has 2 aliphatic heterocycles. The number of piperazine rings is 1. The molecule has 9 nitrogen and oxygen atoms in total. The highest BCUT2D eigenvalue weighted by Gasteiger charge is 2.38. The molecule has 3 fully saturated rings. The van der Waals surface area contributed by atoms with E-state index in [0.717, 1.165) is 83.9 Å². The Morgan fingerprint density at radius 2 is 1.83 bits per heavy atom. The molecule has 9 heteroatoms. The first-order chi connectivity index (χ1) is 20.5. The third kappa shape index (κ3) is 4.76. The van der Waals surface area contributed by atoms with Crippen molar-refractivity contribution in [2.75, 3.05) is 44.2 Å². The Labute approximate surface area is 245 Å². The fourth-order valence-corrected chi connectivity index (χ4v) is 6.89. The molecule has 2 saturated heterocycles. The van der Waals surface area contributed by atoms with Gasteiger partial charge in [0.15, 0.2) is 0 Å². The fraction of sp³-hybridized carbons (Fsp3) is 0.394. The van der Waals surface area contributed by atoms with Crippen molar-refractivity contribution in [3.63, 3.8) is 0 Å². The Kier molecular flexibility index (Phi) is 6.79. The van der Waals surface area contributed by atoms with Gasteiger partial charge in [0.25, 0.3) is 5.91 Å². The molecule has 1 aliphatic carbocycles. The minimum absolute atomic E-state index is 0.0943. The molecule has 1 saturated carbocycles. The third-order valence-electron chi connectivity index (χ3n) is 9.41. The SMILES string of the molecule is Cc1cccc(C(=O)N2CCN(c3ccc(-c4cc(OC5CC6CNCC6C5)cn5ncc(C#N)c45)cn3)CC2)c1C. The van der Waals surface area contributed by atoms with Crippen LogP contribution in [0.2, 0.25) is 0 Å². The number of hydrogen-bond acceptors (Lipinski definition) is 7. The second-order valence-electron chi connectivity index (χ2n) is 11.9. The summed E-state index contributed by atoms with van der Waals surface area (Å²) in [5.41, 5.74) is 6.03. The lowest BCUT2D eigenvalue weighted by molar-refractivity contribution is 0.0745. The predicted molar refractivity (Wildman–Crippen MR) is 161 cm³/mol. The van der Waals surface area contributed by atoms with Gasteiger partial charge < -0.3 is 19.9 Å². The predicted octanol–water partition coefficient (Wildman–Crippen LogP) is 4.22. The maximum atomic E-state index is 13.2. The summed E-state index contributed by atoms with van der Waals surface area (Å²) in [5, 5.41) is 17.7. The summed E-state index contributed by atoms with van der Waals surface area (Å²) in [5.74, 6) is 3.11. The largest absolute Gasteiger partial charge is 0.489 e. The molecule has 4 aromatic rings. The van der Waals surface area contributed by atoms with Crippen molar-refractivity contribution in [3.05, 3.63) is 77.2 Å². The normalized spacial score (nSPS) is 21.9. The van der Waals surface area contributed by atoms with Crippen molar-refractivity contribution in [3.8, 4) is 22.9 Å². The van der Waals surface area contributed by atoms with E-state index in [1.807, 2.05) is 61.5 Å². The van der Waals surface area contributed by atoms with Crippen LogP contribution in [0.3, 0.4) is 0 Å². The third-order valence-corrected chi connectivity index (χ3v) is 9.41. The average molecular weight is 562 g/mol. The summed E-state index contributed by atoms with van der Waals surface area (Å²) >= 11 is 0. The number of anilines is 1. The number of fused-ring (bicyclic) bond motifs is 2. The molecule has 3 aliphatic rings. The summed E-state index contributed by atoms with van der Waals surface area (Å²) in [6.45, 7) is 8.95. The Bertz CT molecular complexity index is 1670. The van der Waals surface area contributed by atoms with E-state index >= 15 is 0 Å². The first kappa shape index (κ1) is 26.5. The molecule has 5 heterocycles. The monoisotopic (exact) mass is 561 g/mol. The van der Waals surface area contributed by atoms with Crippen LogP contribution in [0.4, 0.5) is 5.82 Å². The first-order valence-corrected chi connectivity index (χ1v) is 14.8. The van der Waals surface area contributed by atoms with Gasteiger partial charge >= 0.3 is 0 Å². The Morgan fingerprint density at radius 1 is 1.05 bits per heavy atom. The zero-order valence-electron chi connectivity index (χ0n) is 24.1. The van der Waals surface area contributed by atoms with Gasteiger partial charge in [0.1, 0.15) is 17.6 Å². The van der Waals surface area contributed by atoms with Crippen molar-refractivity contribution in [2.24, 2.45) is 11.8 Å². The second-order valence-corrected chi connectivity index (χ2v) is 11.9. The van der Waals surface area contributed by atoms with E-state index in [4.69, 9.17) is 9.72 Å². The summed E-state index contributed by atoms with van der Waals surface area (Å²) in [7, 11) is 0. The number of amides is 1. The second kappa shape index (κ2) is 10.8. The number of hydrogen-bond donors (Lipinski definition) is 1. The number of ether oxygens (including phenoxy) is 1. The van der Waals surface area contributed by atoms with E-state index < -0.39 is 0 Å². The van der Waals surface area contributed by atoms with E-state index in [0.29, 0.717) is 30.5 Å². The van der Waals surface area contributed by atoms with Gasteiger partial charge in [-0.1, -0.05) is 12.1 Å². The number of benzene rings is 1. The molecule has 2 unspecified atom stereocenters. The number of carbonyl (C=O) groups excluding carboxylic acids is 1. The van der Waals surface area contributed by atoms with E-state index in [-0.39, 0.29) is 12.0 Å². The number of nitrogens with zero attached hydrogens (tertiary/aromatic N) is 6.